The first kappa shape index (κ1) is 14.7. The summed E-state index contributed by atoms with van der Waals surface area (Å²) in [6.07, 6.45) is 10.1. The minimum absolute atomic E-state index is 0.976. The lowest BCUT2D eigenvalue weighted by Gasteiger charge is -2.05. The van der Waals surface area contributed by atoms with Crippen molar-refractivity contribution in [2.45, 2.75) is 32.6 Å². The van der Waals surface area contributed by atoms with E-state index in [1.807, 2.05) is 31.7 Å². The molecule has 2 rings (SSSR count). The van der Waals surface area contributed by atoms with Gasteiger partial charge in [-0.25, -0.2) is 0 Å². The van der Waals surface area contributed by atoms with Gasteiger partial charge in [0.15, 0.2) is 0 Å². The fraction of sp³-hybridized carbons (Fsp3) is 0.412. The number of rotatable bonds is 7. The van der Waals surface area contributed by atoms with Crippen LogP contribution in [0.25, 0.3) is 0 Å². The Morgan fingerprint density at radius 2 is 1.85 bits per heavy atom. The molecule has 0 unspecified atom stereocenters. The molecule has 3 nitrogen and oxygen atoms in total. The second-order valence-corrected chi connectivity index (χ2v) is 5.23. The molecular formula is C17H23N3. The molecule has 2 aromatic heterocycles. The smallest absolute Gasteiger partial charge is 0.0409 e. The molecule has 0 aliphatic carbocycles. The molecule has 2 heterocycles. The van der Waals surface area contributed by atoms with Crippen molar-refractivity contribution in [1.29, 1.82) is 0 Å². The predicted octanol–water partition coefficient (Wildman–Crippen LogP) is 2.72. The van der Waals surface area contributed by atoms with Crippen LogP contribution in [0.15, 0.2) is 36.8 Å². The van der Waals surface area contributed by atoms with Gasteiger partial charge >= 0.3 is 0 Å². The van der Waals surface area contributed by atoms with Crippen LogP contribution >= 0.6 is 0 Å². The van der Waals surface area contributed by atoms with Gasteiger partial charge < -0.3 is 5.32 Å². The van der Waals surface area contributed by atoms with Crippen LogP contribution in [0, 0.1) is 6.92 Å². The maximum atomic E-state index is 4.41. The van der Waals surface area contributed by atoms with Gasteiger partial charge in [-0.1, -0.05) is 6.07 Å². The summed E-state index contributed by atoms with van der Waals surface area (Å²) < 4.78 is 0. The van der Waals surface area contributed by atoms with E-state index < -0.39 is 0 Å². The molecule has 0 atom stereocenters. The quantitative estimate of drug-likeness (QED) is 0.785. The topological polar surface area (TPSA) is 37.8 Å². The molecule has 0 aromatic carbocycles. The van der Waals surface area contributed by atoms with Crippen LogP contribution in [0.1, 0.15) is 28.8 Å². The highest BCUT2D eigenvalue weighted by molar-refractivity contribution is 5.21. The molecule has 20 heavy (non-hydrogen) atoms. The van der Waals surface area contributed by atoms with Crippen molar-refractivity contribution in [3.63, 3.8) is 0 Å². The van der Waals surface area contributed by atoms with Crippen LogP contribution in [0.2, 0.25) is 0 Å². The Hall–Kier alpha value is -1.74. The zero-order valence-electron chi connectivity index (χ0n) is 12.4. The van der Waals surface area contributed by atoms with E-state index in [-0.39, 0.29) is 0 Å². The second-order valence-electron chi connectivity index (χ2n) is 5.23. The molecule has 0 aliphatic heterocycles. The minimum Gasteiger partial charge on any atom is -0.320 e. The molecule has 106 valence electrons. The van der Waals surface area contributed by atoms with Crippen LogP contribution in [0.3, 0.4) is 0 Å². The zero-order valence-corrected chi connectivity index (χ0v) is 12.4. The normalized spacial score (nSPS) is 10.7. The highest BCUT2D eigenvalue weighted by atomic mass is 14.8. The van der Waals surface area contributed by atoms with Crippen molar-refractivity contribution in [2.24, 2.45) is 0 Å². The third-order valence-corrected chi connectivity index (χ3v) is 3.39. The Labute approximate surface area is 121 Å². The van der Waals surface area contributed by atoms with Crippen LogP contribution in [0.4, 0.5) is 0 Å². The summed E-state index contributed by atoms with van der Waals surface area (Å²) >= 11 is 0. The van der Waals surface area contributed by atoms with E-state index in [2.05, 4.69) is 34.3 Å². The number of pyridine rings is 2. The Balaban J connectivity index is 1.91. The van der Waals surface area contributed by atoms with Crippen molar-refractivity contribution in [2.75, 3.05) is 13.6 Å². The molecule has 0 bridgehead atoms. The molecule has 0 fully saturated rings. The van der Waals surface area contributed by atoms with Crippen molar-refractivity contribution in [3.8, 4) is 0 Å². The summed E-state index contributed by atoms with van der Waals surface area (Å²) in [4.78, 5) is 8.76. The third kappa shape index (κ3) is 4.74. The first-order valence-electron chi connectivity index (χ1n) is 7.27. The molecule has 0 spiro atoms. The Morgan fingerprint density at radius 3 is 2.60 bits per heavy atom. The number of aryl methyl sites for hydroxylation is 4. The van der Waals surface area contributed by atoms with E-state index in [0.717, 1.165) is 37.9 Å². The molecule has 0 aliphatic rings. The molecule has 0 radical (unpaired) electrons. The van der Waals surface area contributed by atoms with E-state index >= 15 is 0 Å². The largest absolute Gasteiger partial charge is 0.320 e. The van der Waals surface area contributed by atoms with E-state index in [1.54, 1.807) is 0 Å². The Bertz CT molecular complexity index is 537. The van der Waals surface area contributed by atoms with Gasteiger partial charge in [-0.15, -0.1) is 0 Å². The predicted molar refractivity (Wildman–Crippen MR) is 82.9 cm³/mol. The van der Waals surface area contributed by atoms with Crippen LogP contribution in [0.5, 0.6) is 0 Å². The molecule has 2 aromatic rings. The molecule has 3 heteroatoms. The third-order valence-electron chi connectivity index (χ3n) is 3.39. The van der Waals surface area contributed by atoms with Crippen molar-refractivity contribution >= 4 is 0 Å². The monoisotopic (exact) mass is 269 g/mol. The average Bonchev–Trinajstić information content (AvgIpc) is 2.46. The molecule has 0 amide bonds. The van der Waals surface area contributed by atoms with Gasteiger partial charge in [-0.05, 0) is 75.0 Å². The van der Waals surface area contributed by atoms with E-state index in [1.165, 1.54) is 16.7 Å². The van der Waals surface area contributed by atoms with Gasteiger partial charge in [0.1, 0.15) is 0 Å². The van der Waals surface area contributed by atoms with Gasteiger partial charge in [0, 0.05) is 24.3 Å². The van der Waals surface area contributed by atoms with E-state index in [0.29, 0.717) is 0 Å². The van der Waals surface area contributed by atoms with E-state index in [4.69, 9.17) is 0 Å². The fourth-order valence-electron chi connectivity index (χ4n) is 2.29. The summed E-state index contributed by atoms with van der Waals surface area (Å²) in [5, 5.41) is 3.18. The maximum Gasteiger partial charge on any atom is 0.0409 e. The van der Waals surface area contributed by atoms with Gasteiger partial charge in [-0.3, -0.25) is 9.97 Å². The lowest BCUT2D eigenvalue weighted by molar-refractivity contribution is 0.722. The van der Waals surface area contributed by atoms with Gasteiger partial charge in [0.2, 0.25) is 0 Å². The number of aromatic nitrogens is 2. The van der Waals surface area contributed by atoms with Gasteiger partial charge in [0.05, 0.1) is 0 Å². The van der Waals surface area contributed by atoms with Crippen molar-refractivity contribution in [3.05, 3.63) is 59.2 Å². The summed E-state index contributed by atoms with van der Waals surface area (Å²) in [7, 11) is 1.99. The zero-order chi connectivity index (χ0) is 14.2. The summed E-state index contributed by atoms with van der Waals surface area (Å²) in [6, 6.07) is 6.47. The number of nitrogens with one attached hydrogen (secondary N) is 1. The number of hydrogen-bond donors (Lipinski definition) is 1. The van der Waals surface area contributed by atoms with Gasteiger partial charge in [-0.2, -0.15) is 0 Å². The first-order chi connectivity index (χ1) is 9.78. The lowest BCUT2D eigenvalue weighted by Crippen LogP contribution is -2.08. The van der Waals surface area contributed by atoms with Crippen molar-refractivity contribution < 1.29 is 0 Å². The second kappa shape index (κ2) is 7.75. The SMILES string of the molecule is CNCCCc1cncc(CCc2cc(C)ccn2)c1. The summed E-state index contributed by atoms with van der Waals surface area (Å²) in [5.74, 6) is 0. The van der Waals surface area contributed by atoms with Crippen molar-refractivity contribution in [1.82, 2.24) is 15.3 Å². The average molecular weight is 269 g/mol. The minimum atomic E-state index is 0.976. The summed E-state index contributed by atoms with van der Waals surface area (Å²) in [6.45, 7) is 3.16. The molecule has 0 saturated carbocycles. The molecule has 1 N–H and O–H groups in total. The fourth-order valence-corrected chi connectivity index (χ4v) is 2.29. The van der Waals surface area contributed by atoms with Gasteiger partial charge in [0.25, 0.3) is 0 Å². The van der Waals surface area contributed by atoms with Crippen LogP contribution in [-0.4, -0.2) is 23.6 Å². The maximum absolute atomic E-state index is 4.41. The first-order valence-corrected chi connectivity index (χ1v) is 7.27. The van der Waals surface area contributed by atoms with Crippen LogP contribution in [-0.2, 0) is 19.3 Å². The lowest BCUT2D eigenvalue weighted by atomic mass is 10.1. The van der Waals surface area contributed by atoms with E-state index in [9.17, 15) is 0 Å². The number of hydrogen-bond acceptors (Lipinski definition) is 3. The highest BCUT2D eigenvalue weighted by Gasteiger charge is 2.00. The molecule has 0 saturated heterocycles. The highest BCUT2D eigenvalue weighted by Crippen LogP contribution is 2.09. The Kier molecular flexibility index (Phi) is 5.69. The van der Waals surface area contributed by atoms with Crippen LogP contribution < -0.4 is 5.32 Å². The Morgan fingerprint density at radius 1 is 1.05 bits per heavy atom. The standard InChI is InChI=1S/C17H23N3/c1-14-7-9-20-17(10-14)6-5-16-11-15(12-19-13-16)4-3-8-18-2/h7,9-13,18H,3-6,8H2,1-2H3. The molecular weight excluding hydrogens is 246 g/mol. The number of nitrogens with zero attached hydrogens (tertiary/aromatic N) is 2. The summed E-state index contributed by atoms with van der Waals surface area (Å²) in [5.41, 5.74) is 5.06.